The van der Waals surface area contributed by atoms with E-state index in [1.807, 2.05) is 12.1 Å². The van der Waals surface area contributed by atoms with Gasteiger partial charge in [0.2, 0.25) is 0 Å². The van der Waals surface area contributed by atoms with Gasteiger partial charge in [-0.2, -0.15) is 0 Å². The third kappa shape index (κ3) is 5.67. The minimum absolute atomic E-state index is 0.318. The molecule has 0 aromatic heterocycles. The molecular weight excluding hydrogens is 308 g/mol. The Labute approximate surface area is 152 Å². The van der Waals surface area contributed by atoms with Crippen LogP contribution in [0.25, 0.3) is 5.57 Å². The molecule has 0 saturated carbocycles. The molecule has 1 aliphatic carbocycles. The van der Waals surface area contributed by atoms with Crippen molar-refractivity contribution in [2.45, 2.75) is 52.9 Å². The molecule has 0 unspecified atom stereocenters. The molecule has 25 heavy (non-hydrogen) atoms. The Morgan fingerprint density at radius 1 is 1.20 bits per heavy atom. The topological polar surface area (TPSA) is 29.5 Å². The molecule has 1 N–H and O–H groups in total. The van der Waals surface area contributed by atoms with E-state index in [2.05, 4.69) is 51.2 Å². The van der Waals surface area contributed by atoms with Crippen molar-refractivity contribution in [1.29, 1.82) is 0 Å². The van der Waals surface area contributed by atoms with Gasteiger partial charge in [-0.1, -0.05) is 41.5 Å². The van der Waals surface area contributed by atoms with Crippen LogP contribution in [-0.2, 0) is 6.42 Å². The molecule has 0 radical (unpaired) electrons. The van der Waals surface area contributed by atoms with Gasteiger partial charge in [0.05, 0.1) is 7.11 Å². The highest BCUT2D eigenvalue weighted by Gasteiger charge is 2.13. The third-order valence-electron chi connectivity index (χ3n) is 4.54. The second-order valence-electron chi connectivity index (χ2n) is 6.91. The Balaban J connectivity index is 2.16. The van der Waals surface area contributed by atoms with Crippen LogP contribution in [0.1, 0.15) is 57.6 Å². The average Bonchev–Trinajstić information content (AvgIpc) is 2.60. The standard InChI is InChI=1S/C23H30O2/c1-17(2)9-8-10-18(3)13-14-21-22(24)15-20(16-23(21)25-4)19-11-6-5-7-12-19/h5-6,9,11,13,15-16,24H,7-8,10,12,14H2,1-4H3. The smallest absolute Gasteiger partial charge is 0.126 e. The number of hydrogen-bond donors (Lipinski definition) is 1. The van der Waals surface area contributed by atoms with Crippen LogP contribution in [0.2, 0.25) is 0 Å². The lowest BCUT2D eigenvalue weighted by Crippen LogP contribution is -1.96. The zero-order chi connectivity index (χ0) is 18.2. The Bertz CT molecular complexity index is 714. The molecule has 2 rings (SSSR count). The SMILES string of the molecule is COc1cc(C2=CC=CCC2)cc(O)c1CC=C(C)CCC=C(C)C. The maximum absolute atomic E-state index is 10.5. The Hall–Kier alpha value is -2.22. The molecule has 0 spiro atoms. The predicted molar refractivity (Wildman–Crippen MR) is 107 cm³/mol. The van der Waals surface area contributed by atoms with E-state index in [0.717, 1.165) is 42.6 Å². The fourth-order valence-corrected chi connectivity index (χ4v) is 3.01. The fourth-order valence-electron chi connectivity index (χ4n) is 3.01. The summed E-state index contributed by atoms with van der Waals surface area (Å²) in [5.41, 5.74) is 5.85. The Morgan fingerprint density at radius 3 is 2.64 bits per heavy atom. The van der Waals surface area contributed by atoms with Gasteiger partial charge in [-0.25, -0.2) is 0 Å². The molecular formula is C23H30O2. The summed E-state index contributed by atoms with van der Waals surface area (Å²) in [7, 11) is 1.67. The molecule has 1 aromatic rings. The van der Waals surface area contributed by atoms with Crippen molar-refractivity contribution in [2.75, 3.05) is 7.11 Å². The largest absolute Gasteiger partial charge is 0.507 e. The summed E-state index contributed by atoms with van der Waals surface area (Å²) >= 11 is 0. The number of phenols is 1. The first-order valence-electron chi connectivity index (χ1n) is 9.06. The molecule has 0 heterocycles. The second-order valence-corrected chi connectivity index (χ2v) is 6.91. The first-order valence-corrected chi connectivity index (χ1v) is 9.06. The molecule has 2 heteroatoms. The summed E-state index contributed by atoms with van der Waals surface area (Å²) < 4.78 is 5.56. The maximum Gasteiger partial charge on any atom is 0.126 e. The lowest BCUT2D eigenvalue weighted by Gasteiger charge is -2.15. The van der Waals surface area contributed by atoms with Gasteiger partial charge < -0.3 is 9.84 Å². The highest BCUT2D eigenvalue weighted by atomic mass is 16.5. The number of benzene rings is 1. The molecule has 1 aromatic carbocycles. The van der Waals surface area contributed by atoms with Gasteiger partial charge in [-0.15, -0.1) is 0 Å². The third-order valence-corrected chi connectivity index (χ3v) is 4.54. The summed E-state index contributed by atoms with van der Waals surface area (Å²) in [5, 5.41) is 10.5. The number of ether oxygens (including phenoxy) is 1. The lowest BCUT2D eigenvalue weighted by molar-refractivity contribution is 0.401. The van der Waals surface area contributed by atoms with Crippen LogP contribution in [-0.4, -0.2) is 12.2 Å². The van der Waals surface area contributed by atoms with Gasteiger partial charge >= 0.3 is 0 Å². The van der Waals surface area contributed by atoms with Gasteiger partial charge in [0.1, 0.15) is 11.5 Å². The van der Waals surface area contributed by atoms with Crippen LogP contribution >= 0.6 is 0 Å². The van der Waals surface area contributed by atoms with E-state index in [-0.39, 0.29) is 0 Å². The summed E-state index contributed by atoms with van der Waals surface area (Å²) in [6.45, 7) is 6.40. The van der Waals surface area contributed by atoms with Crippen molar-refractivity contribution < 1.29 is 9.84 Å². The number of allylic oxidation sites excluding steroid dienone is 8. The number of aromatic hydroxyl groups is 1. The molecule has 0 aliphatic heterocycles. The molecule has 0 amide bonds. The Morgan fingerprint density at radius 2 is 2.00 bits per heavy atom. The van der Waals surface area contributed by atoms with Crippen molar-refractivity contribution in [3.8, 4) is 11.5 Å². The van der Waals surface area contributed by atoms with E-state index in [4.69, 9.17) is 4.74 Å². The highest BCUT2D eigenvalue weighted by Crippen LogP contribution is 2.35. The minimum Gasteiger partial charge on any atom is -0.507 e. The first-order chi connectivity index (χ1) is 12.0. The Kier molecular flexibility index (Phi) is 7.12. The van der Waals surface area contributed by atoms with E-state index < -0.39 is 0 Å². The number of phenolic OH excluding ortho intramolecular Hbond substituents is 1. The summed E-state index contributed by atoms with van der Waals surface area (Å²) in [4.78, 5) is 0. The summed E-state index contributed by atoms with van der Waals surface area (Å²) in [6, 6.07) is 3.92. The minimum atomic E-state index is 0.318. The van der Waals surface area contributed by atoms with Crippen molar-refractivity contribution in [2.24, 2.45) is 0 Å². The van der Waals surface area contributed by atoms with Crippen LogP contribution in [0.3, 0.4) is 0 Å². The monoisotopic (exact) mass is 338 g/mol. The van der Waals surface area contributed by atoms with Gasteiger partial charge in [-0.05, 0) is 76.1 Å². The lowest BCUT2D eigenvalue weighted by atomic mass is 9.94. The van der Waals surface area contributed by atoms with Crippen LogP contribution < -0.4 is 4.74 Å². The average molecular weight is 338 g/mol. The van der Waals surface area contributed by atoms with Crippen LogP contribution in [0, 0.1) is 0 Å². The number of hydrogen-bond acceptors (Lipinski definition) is 2. The zero-order valence-corrected chi connectivity index (χ0v) is 15.9. The van der Waals surface area contributed by atoms with E-state index in [0.29, 0.717) is 12.2 Å². The van der Waals surface area contributed by atoms with Gasteiger partial charge in [0.25, 0.3) is 0 Å². The van der Waals surface area contributed by atoms with E-state index in [1.165, 1.54) is 16.7 Å². The zero-order valence-electron chi connectivity index (χ0n) is 15.9. The fraction of sp³-hybridized carbons (Fsp3) is 0.391. The van der Waals surface area contributed by atoms with Gasteiger partial charge in [0.15, 0.2) is 0 Å². The highest BCUT2D eigenvalue weighted by molar-refractivity contribution is 5.71. The molecule has 0 saturated heterocycles. The first kappa shape index (κ1) is 19.1. The summed E-state index contributed by atoms with van der Waals surface area (Å²) in [6.07, 6.45) is 15.7. The van der Waals surface area contributed by atoms with Gasteiger partial charge in [0, 0.05) is 5.56 Å². The normalized spacial score (nSPS) is 14.2. The summed E-state index contributed by atoms with van der Waals surface area (Å²) in [5.74, 6) is 1.08. The second kappa shape index (κ2) is 9.31. The van der Waals surface area contributed by atoms with Crippen LogP contribution in [0.4, 0.5) is 0 Å². The molecule has 134 valence electrons. The van der Waals surface area contributed by atoms with Crippen LogP contribution in [0.15, 0.2) is 53.7 Å². The number of rotatable bonds is 7. The quantitative estimate of drug-likeness (QED) is 0.585. The van der Waals surface area contributed by atoms with Crippen LogP contribution in [0.5, 0.6) is 11.5 Å². The predicted octanol–water partition coefficient (Wildman–Crippen LogP) is 6.37. The van der Waals surface area contributed by atoms with Crippen molar-refractivity contribution >= 4 is 5.57 Å². The van der Waals surface area contributed by atoms with Gasteiger partial charge in [-0.3, -0.25) is 0 Å². The molecule has 0 bridgehead atoms. The van der Waals surface area contributed by atoms with E-state index >= 15 is 0 Å². The van der Waals surface area contributed by atoms with Crippen molar-refractivity contribution in [3.05, 3.63) is 64.8 Å². The van der Waals surface area contributed by atoms with Crippen molar-refractivity contribution in [3.63, 3.8) is 0 Å². The van der Waals surface area contributed by atoms with E-state index in [1.54, 1.807) is 7.11 Å². The maximum atomic E-state index is 10.5. The molecule has 2 nitrogen and oxygen atoms in total. The van der Waals surface area contributed by atoms with Crippen molar-refractivity contribution in [1.82, 2.24) is 0 Å². The molecule has 0 fully saturated rings. The van der Waals surface area contributed by atoms with E-state index in [9.17, 15) is 5.11 Å². The molecule has 0 atom stereocenters. The molecule has 1 aliphatic rings. The number of methoxy groups -OCH3 is 1.